The number of rotatable bonds is 1. The lowest BCUT2D eigenvalue weighted by molar-refractivity contribution is -0.135. The van der Waals surface area contributed by atoms with E-state index in [0.29, 0.717) is 0 Å². The van der Waals surface area contributed by atoms with Gasteiger partial charge in [0.25, 0.3) is 0 Å². The second-order valence-corrected chi connectivity index (χ2v) is 5.25. The molecule has 2 amide bonds. The standard InChI is InChI=1S/C7H8F3NO4S/c1-3-4(2)6(13)11(5(3)12)16(14,15)7(8,9)10/h3-4H,1-2H3. The Kier molecular flexibility index (Phi) is 2.78. The van der Waals surface area contributed by atoms with Gasteiger partial charge in [-0.25, -0.2) is 0 Å². The third kappa shape index (κ3) is 1.58. The molecule has 0 N–H and O–H groups in total. The van der Waals surface area contributed by atoms with Gasteiger partial charge in [0, 0.05) is 11.8 Å². The molecular formula is C7H8F3NO4S. The van der Waals surface area contributed by atoms with Crippen molar-refractivity contribution in [3.63, 3.8) is 0 Å². The Morgan fingerprint density at radius 1 is 1.06 bits per heavy atom. The van der Waals surface area contributed by atoms with E-state index in [1.54, 1.807) is 0 Å². The number of amides is 2. The molecule has 1 heterocycles. The average molecular weight is 259 g/mol. The molecule has 92 valence electrons. The third-order valence-electron chi connectivity index (χ3n) is 2.46. The summed E-state index contributed by atoms with van der Waals surface area (Å²) in [7, 11) is -5.91. The fourth-order valence-corrected chi connectivity index (χ4v) is 2.26. The summed E-state index contributed by atoms with van der Waals surface area (Å²) in [6.45, 7) is 2.41. The first-order chi connectivity index (χ1) is 7.01. The number of nitrogens with zero attached hydrogens (tertiary/aromatic N) is 1. The van der Waals surface area contributed by atoms with Crippen LogP contribution in [-0.4, -0.2) is 30.0 Å². The second kappa shape index (κ2) is 3.44. The Morgan fingerprint density at radius 2 is 1.38 bits per heavy atom. The number of carbonyl (C=O) groups excluding carboxylic acids is 2. The van der Waals surface area contributed by atoms with Gasteiger partial charge < -0.3 is 0 Å². The van der Waals surface area contributed by atoms with Crippen LogP contribution >= 0.6 is 0 Å². The zero-order valence-corrected chi connectivity index (χ0v) is 9.09. The van der Waals surface area contributed by atoms with Gasteiger partial charge in [-0.1, -0.05) is 13.8 Å². The molecule has 5 nitrogen and oxygen atoms in total. The maximum absolute atomic E-state index is 12.2. The van der Waals surface area contributed by atoms with Crippen molar-refractivity contribution in [1.29, 1.82) is 0 Å². The molecule has 1 saturated heterocycles. The summed E-state index contributed by atoms with van der Waals surface area (Å²) in [6.07, 6.45) is 0. The summed E-state index contributed by atoms with van der Waals surface area (Å²) in [5.41, 5.74) is -5.65. The van der Waals surface area contributed by atoms with E-state index in [1.165, 1.54) is 13.8 Å². The number of carbonyl (C=O) groups is 2. The van der Waals surface area contributed by atoms with E-state index in [9.17, 15) is 31.2 Å². The Balaban J connectivity index is 3.28. The smallest absolute Gasteiger partial charge is 0.273 e. The lowest BCUT2D eigenvalue weighted by Gasteiger charge is -2.16. The van der Waals surface area contributed by atoms with E-state index >= 15 is 0 Å². The van der Waals surface area contributed by atoms with Crippen LogP contribution in [-0.2, 0) is 19.6 Å². The zero-order chi connectivity index (χ0) is 12.9. The van der Waals surface area contributed by atoms with Gasteiger partial charge in [0.1, 0.15) is 0 Å². The molecule has 1 rings (SSSR count). The third-order valence-corrected chi connectivity index (χ3v) is 3.89. The number of halogens is 3. The van der Waals surface area contributed by atoms with Gasteiger partial charge in [0.05, 0.1) is 0 Å². The highest BCUT2D eigenvalue weighted by Gasteiger charge is 2.59. The van der Waals surface area contributed by atoms with Crippen LogP contribution in [0.2, 0.25) is 0 Å². The molecule has 2 atom stereocenters. The first-order valence-corrected chi connectivity index (χ1v) is 5.65. The molecule has 0 saturated carbocycles. The van der Waals surface area contributed by atoms with Crippen LogP contribution in [0.15, 0.2) is 0 Å². The summed E-state index contributed by atoms with van der Waals surface area (Å²) < 4.78 is 57.6. The van der Waals surface area contributed by atoms with Crippen molar-refractivity contribution in [3.8, 4) is 0 Å². The van der Waals surface area contributed by atoms with E-state index in [0.717, 1.165) is 0 Å². The van der Waals surface area contributed by atoms with Gasteiger partial charge in [0.2, 0.25) is 11.8 Å². The molecule has 0 aliphatic carbocycles. The summed E-state index contributed by atoms with van der Waals surface area (Å²) >= 11 is 0. The number of alkyl halides is 3. The zero-order valence-electron chi connectivity index (χ0n) is 8.28. The van der Waals surface area contributed by atoms with Crippen LogP contribution in [0.25, 0.3) is 0 Å². The van der Waals surface area contributed by atoms with Crippen LogP contribution in [0.3, 0.4) is 0 Å². The van der Waals surface area contributed by atoms with Crippen molar-refractivity contribution in [2.75, 3.05) is 0 Å². The molecule has 1 aliphatic rings. The second-order valence-electron chi connectivity index (χ2n) is 3.47. The maximum atomic E-state index is 12.2. The SMILES string of the molecule is CC1C(=O)N(S(=O)(=O)C(F)(F)F)C(=O)C1C. The molecule has 9 heteroatoms. The van der Waals surface area contributed by atoms with Crippen LogP contribution in [0.5, 0.6) is 0 Å². The number of imide groups is 1. The fourth-order valence-electron chi connectivity index (χ4n) is 1.25. The van der Waals surface area contributed by atoms with Gasteiger partial charge in [-0.2, -0.15) is 25.9 Å². The molecule has 0 aromatic carbocycles. The van der Waals surface area contributed by atoms with Gasteiger partial charge in [-0.15, -0.1) is 0 Å². The summed E-state index contributed by atoms with van der Waals surface area (Å²) in [4.78, 5) is 22.5. The Bertz CT molecular complexity index is 421. The van der Waals surface area contributed by atoms with Gasteiger partial charge in [-0.05, 0) is 0 Å². The first-order valence-electron chi connectivity index (χ1n) is 4.21. The first kappa shape index (κ1) is 12.9. The minimum atomic E-state index is -5.91. The van der Waals surface area contributed by atoms with E-state index in [2.05, 4.69) is 0 Å². The predicted molar refractivity (Wildman–Crippen MR) is 45.2 cm³/mol. The summed E-state index contributed by atoms with van der Waals surface area (Å²) in [6, 6.07) is 0. The molecule has 0 bridgehead atoms. The molecule has 0 aromatic heterocycles. The normalized spacial score (nSPS) is 27.7. The van der Waals surface area contributed by atoms with Crippen LogP contribution in [0.1, 0.15) is 13.8 Å². The van der Waals surface area contributed by atoms with Crippen molar-refractivity contribution in [2.24, 2.45) is 11.8 Å². The van der Waals surface area contributed by atoms with E-state index in [4.69, 9.17) is 0 Å². The summed E-state index contributed by atoms with van der Waals surface area (Å²) in [5.74, 6) is -4.81. The Labute approximate surface area is 89.3 Å². The van der Waals surface area contributed by atoms with Crippen molar-refractivity contribution < 1.29 is 31.2 Å². The minimum Gasteiger partial charge on any atom is -0.273 e. The largest absolute Gasteiger partial charge is 0.517 e. The van der Waals surface area contributed by atoms with Crippen molar-refractivity contribution in [2.45, 2.75) is 19.4 Å². The van der Waals surface area contributed by atoms with Crippen molar-refractivity contribution in [1.82, 2.24) is 4.31 Å². The Hall–Kier alpha value is -1.12. The molecule has 0 radical (unpaired) electrons. The number of sulfonamides is 1. The van der Waals surface area contributed by atoms with E-state index in [-0.39, 0.29) is 0 Å². The lowest BCUT2D eigenvalue weighted by Crippen LogP contribution is -2.44. The van der Waals surface area contributed by atoms with E-state index < -0.39 is 43.5 Å². The highest BCUT2D eigenvalue weighted by molar-refractivity contribution is 7.91. The fraction of sp³-hybridized carbons (Fsp3) is 0.714. The van der Waals surface area contributed by atoms with Crippen LogP contribution in [0, 0.1) is 11.8 Å². The van der Waals surface area contributed by atoms with Crippen molar-refractivity contribution in [3.05, 3.63) is 0 Å². The highest BCUT2D eigenvalue weighted by Crippen LogP contribution is 2.34. The van der Waals surface area contributed by atoms with Gasteiger partial charge in [0.15, 0.2) is 0 Å². The highest BCUT2D eigenvalue weighted by atomic mass is 32.2. The molecule has 16 heavy (non-hydrogen) atoms. The quantitative estimate of drug-likeness (QED) is 0.642. The maximum Gasteiger partial charge on any atom is 0.517 e. The molecule has 1 fully saturated rings. The predicted octanol–water partition coefficient (Wildman–Crippen LogP) is 0.477. The molecule has 1 aliphatic heterocycles. The molecule has 2 unspecified atom stereocenters. The summed E-state index contributed by atoms with van der Waals surface area (Å²) in [5, 5.41) is 0. The van der Waals surface area contributed by atoms with Crippen LogP contribution < -0.4 is 0 Å². The monoisotopic (exact) mass is 259 g/mol. The average Bonchev–Trinajstić information content (AvgIpc) is 2.29. The molecular weight excluding hydrogens is 251 g/mol. The van der Waals surface area contributed by atoms with Gasteiger partial charge in [-0.3, -0.25) is 9.59 Å². The molecule has 0 spiro atoms. The number of hydrogen-bond acceptors (Lipinski definition) is 4. The minimum absolute atomic E-state index is 0.678. The van der Waals surface area contributed by atoms with E-state index in [1.807, 2.05) is 0 Å². The number of hydrogen-bond donors (Lipinski definition) is 0. The lowest BCUT2D eigenvalue weighted by atomic mass is 10.00. The topological polar surface area (TPSA) is 71.5 Å². The molecule has 0 aromatic rings. The van der Waals surface area contributed by atoms with Gasteiger partial charge >= 0.3 is 15.5 Å². The van der Waals surface area contributed by atoms with Crippen molar-refractivity contribution >= 4 is 21.8 Å². The Morgan fingerprint density at radius 3 is 1.62 bits per heavy atom. The van der Waals surface area contributed by atoms with Crippen LogP contribution in [0.4, 0.5) is 13.2 Å².